The third kappa shape index (κ3) is 3.49. The topological polar surface area (TPSA) is 80.7 Å². The quantitative estimate of drug-likeness (QED) is 0.694. The molecule has 0 saturated carbocycles. The first-order valence-corrected chi connectivity index (χ1v) is 10.2. The van der Waals surface area contributed by atoms with E-state index in [2.05, 4.69) is 4.99 Å². The van der Waals surface area contributed by atoms with Gasteiger partial charge in [0.05, 0.1) is 24.6 Å². The molecule has 0 spiro atoms. The fourth-order valence-electron chi connectivity index (χ4n) is 3.05. The van der Waals surface area contributed by atoms with Crippen molar-refractivity contribution in [2.24, 2.45) is 4.99 Å². The van der Waals surface area contributed by atoms with Crippen LogP contribution in [0.4, 0.5) is 16.2 Å². The van der Waals surface area contributed by atoms with Crippen molar-refractivity contribution < 1.29 is 22.9 Å². The number of anilines is 1. The first-order valence-electron chi connectivity index (χ1n) is 8.74. The highest BCUT2D eigenvalue weighted by atomic mass is 31.2. The lowest BCUT2D eigenvalue weighted by molar-refractivity contribution is 0.162. The number of carbonyl (C=O) groups excluding carboxylic acids is 1. The minimum absolute atomic E-state index is 0.0560. The maximum Gasteiger partial charge on any atom is 0.531 e. The smallest absolute Gasteiger partial charge is 0.388 e. The molecule has 0 unspecified atom stereocenters. The van der Waals surface area contributed by atoms with Crippen LogP contribution in [-0.2, 0) is 24.7 Å². The number of hydrogen-bond acceptors (Lipinski definition) is 6. The van der Waals surface area contributed by atoms with Crippen LogP contribution >= 0.6 is 7.82 Å². The molecule has 26 heavy (non-hydrogen) atoms. The van der Waals surface area contributed by atoms with E-state index < -0.39 is 7.82 Å². The summed E-state index contributed by atoms with van der Waals surface area (Å²) in [4.78, 5) is 20.7. The number of phosphoric acid groups is 1. The Morgan fingerprint density at radius 1 is 1.19 bits per heavy atom. The van der Waals surface area contributed by atoms with Gasteiger partial charge in [-0.05, 0) is 39.3 Å². The highest BCUT2D eigenvalue weighted by Gasteiger charge is 2.39. The maximum absolute atomic E-state index is 12.9. The molecule has 1 aromatic carbocycles. The van der Waals surface area contributed by atoms with E-state index in [9.17, 15) is 9.36 Å². The van der Waals surface area contributed by atoms with Crippen molar-refractivity contribution in [1.82, 2.24) is 4.90 Å². The summed E-state index contributed by atoms with van der Waals surface area (Å²) in [6.07, 6.45) is 0. The predicted octanol–water partition coefficient (Wildman–Crippen LogP) is 4.08. The van der Waals surface area contributed by atoms with Crippen LogP contribution in [0.3, 0.4) is 0 Å². The molecular formula is C17H24N3O5P. The first kappa shape index (κ1) is 18.9. The van der Waals surface area contributed by atoms with Gasteiger partial charge in [-0.15, -0.1) is 0 Å². The van der Waals surface area contributed by atoms with Gasteiger partial charge < -0.3 is 9.42 Å². The number of nitrogens with zero attached hydrogens (tertiary/aromatic N) is 3. The van der Waals surface area contributed by atoms with Gasteiger partial charge in [-0.2, -0.15) is 0 Å². The van der Waals surface area contributed by atoms with Gasteiger partial charge in [-0.25, -0.2) is 14.4 Å². The fraction of sp³-hybridized carbons (Fsp3) is 0.529. The van der Waals surface area contributed by atoms with Gasteiger partial charge >= 0.3 is 13.9 Å². The summed E-state index contributed by atoms with van der Waals surface area (Å²) >= 11 is 0. The maximum atomic E-state index is 12.9. The number of rotatable bonds is 6. The van der Waals surface area contributed by atoms with Crippen molar-refractivity contribution in [2.75, 3.05) is 24.7 Å². The first-order chi connectivity index (χ1) is 12.4. The van der Waals surface area contributed by atoms with E-state index in [1.165, 1.54) is 0 Å². The van der Waals surface area contributed by atoms with Crippen LogP contribution in [0, 0.1) is 0 Å². The average Bonchev–Trinajstić information content (AvgIpc) is 2.57. The lowest BCUT2D eigenvalue weighted by atomic mass is 10.0. The number of phosphoric ester groups is 1. The molecule has 2 aliphatic rings. The zero-order valence-corrected chi connectivity index (χ0v) is 16.4. The molecule has 0 aromatic heterocycles. The van der Waals surface area contributed by atoms with Crippen molar-refractivity contribution in [3.05, 3.63) is 23.8 Å². The molecule has 0 aliphatic carbocycles. The third-order valence-electron chi connectivity index (χ3n) is 4.14. The molecule has 2 heterocycles. The van der Waals surface area contributed by atoms with E-state index in [-0.39, 0.29) is 37.7 Å². The van der Waals surface area contributed by atoms with Crippen molar-refractivity contribution in [3.63, 3.8) is 0 Å². The minimum Gasteiger partial charge on any atom is -0.388 e. The minimum atomic E-state index is -3.77. The zero-order chi connectivity index (χ0) is 18.9. The van der Waals surface area contributed by atoms with Gasteiger partial charge in [0, 0.05) is 12.6 Å². The summed E-state index contributed by atoms with van der Waals surface area (Å²) in [5, 5.41) is 0. The molecule has 0 N–H and O–H groups in total. The molecule has 0 atom stereocenters. The molecule has 8 nitrogen and oxygen atoms in total. The fourth-order valence-corrected chi connectivity index (χ4v) is 4.22. The van der Waals surface area contributed by atoms with Crippen LogP contribution in [-0.4, -0.2) is 42.6 Å². The van der Waals surface area contributed by atoms with Crippen LogP contribution in [0.2, 0.25) is 0 Å². The van der Waals surface area contributed by atoms with Crippen molar-refractivity contribution in [1.29, 1.82) is 0 Å². The van der Waals surface area contributed by atoms with E-state index >= 15 is 0 Å². The molecule has 2 aliphatic heterocycles. The molecular weight excluding hydrogens is 357 g/mol. The number of amides is 2. The lowest BCUT2D eigenvalue weighted by Crippen LogP contribution is -2.52. The average molecular weight is 381 g/mol. The Kier molecular flexibility index (Phi) is 5.37. The molecule has 0 radical (unpaired) electrons. The van der Waals surface area contributed by atoms with Gasteiger partial charge in [0.15, 0.2) is 0 Å². The van der Waals surface area contributed by atoms with Crippen LogP contribution in [0.25, 0.3) is 0 Å². The standard InChI is InChI=1S/C17H24N3O5P/c1-5-23-26(22,24-6-2)25-15-11-20-16-13(8-7-9-14(16)18-15)10-19(12(3)4)17(20)21/h7-9,12H,5-6,10-11H2,1-4H3. The number of benzene rings is 1. The molecule has 2 amide bonds. The summed E-state index contributed by atoms with van der Waals surface area (Å²) in [6.45, 7) is 8.32. The Morgan fingerprint density at radius 2 is 1.88 bits per heavy atom. The molecule has 142 valence electrons. The summed E-state index contributed by atoms with van der Waals surface area (Å²) in [6, 6.07) is 5.61. The van der Waals surface area contributed by atoms with Crippen LogP contribution in [0.15, 0.2) is 23.2 Å². The van der Waals surface area contributed by atoms with Crippen LogP contribution in [0.1, 0.15) is 33.3 Å². The Hall–Kier alpha value is -1.89. The van der Waals surface area contributed by atoms with E-state index in [1.54, 1.807) is 29.7 Å². The predicted molar refractivity (Wildman–Crippen MR) is 98.9 cm³/mol. The summed E-state index contributed by atoms with van der Waals surface area (Å²) < 4.78 is 28.5. The molecule has 1 aromatic rings. The normalized spacial score (nSPS) is 16.7. The second-order valence-electron chi connectivity index (χ2n) is 6.25. The number of urea groups is 1. The number of aliphatic imine (C=N–C) groups is 1. The lowest BCUT2D eigenvalue weighted by Gasteiger charge is -2.41. The van der Waals surface area contributed by atoms with Gasteiger partial charge in [0.25, 0.3) is 0 Å². The Bertz CT molecular complexity index is 770. The number of para-hydroxylation sites is 1. The zero-order valence-electron chi connectivity index (χ0n) is 15.5. The largest absolute Gasteiger partial charge is 0.531 e. The van der Waals surface area contributed by atoms with Gasteiger partial charge in [-0.1, -0.05) is 12.1 Å². The second-order valence-corrected chi connectivity index (χ2v) is 7.85. The Morgan fingerprint density at radius 3 is 2.50 bits per heavy atom. The molecule has 0 bridgehead atoms. The van der Waals surface area contributed by atoms with E-state index in [4.69, 9.17) is 13.6 Å². The van der Waals surface area contributed by atoms with E-state index in [0.717, 1.165) is 11.3 Å². The van der Waals surface area contributed by atoms with Crippen molar-refractivity contribution >= 4 is 31.1 Å². The van der Waals surface area contributed by atoms with Gasteiger partial charge in [0.2, 0.25) is 5.90 Å². The SMILES string of the molecule is CCOP(=O)(OCC)OC1=Nc2cccc3c2N(C1)C(=O)N(C(C)C)C3. The summed E-state index contributed by atoms with van der Waals surface area (Å²) in [5.41, 5.74) is 2.42. The van der Waals surface area contributed by atoms with E-state index in [0.29, 0.717) is 12.2 Å². The number of carbonyl (C=O) groups is 1. The van der Waals surface area contributed by atoms with Gasteiger partial charge in [-0.3, -0.25) is 13.9 Å². The number of hydrogen-bond donors (Lipinski definition) is 0. The summed E-state index contributed by atoms with van der Waals surface area (Å²) in [7, 11) is -3.77. The highest BCUT2D eigenvalue weighted by Crippen LogP contribution is 2.51. The molecule has 3 rings (SSSR count). The second kappa shape index (κ2) is 7.39. The third-order valence-corrected chi connectivity index (χ3v) is 5.72. The van der Waals surface area contributed by atoms with Crippen LogP contribution in [0.5, 0.6) is 0 Å². The highest BCUT2D eigenvalue weighted by molar-refractivity contribution is 7.49. The Balaban J connectivity index is 1.96. The molecule has 9 heteroatoms. The monoisotopic (exact) mass is 381 g/mol. The summed E-state index contributed by atoms with van der Waals surface area (Å²) in [5.74, 6) is 0.138. The van der Waals surface area contributed by atoms with Crippen molar-refractivity contribution in [2.45, 2.75) is 40.3 Å². The molecule has 0 saturated heterocycles. The van der Waals surface area contributed by atoms with Crippen LogP contribution < -0.4 is 4.90 Å². The Labute approximate surface area is 153 Å². The molecule has 0 fully saturated rings. The van der Waals surface area contributed by atoms with E-state index in [1.807, 2.05) is 26.0 Å². The van der Waals surface area contributed by atoms with Crippen molar-refractivity contribution in [3.8, 4) is 0 Å². The van der Waals surface area contributed by atoms with Gasteiger partial charge in [0.1, 0.15) is 6.54 Å².